The number of hydrogen-bond acceptors (Lipinski definition) is 4. The lowest BCUT2D eigenvalue weighted by Gasteiger charge is -2.08. The van der Waals surface area contributed by atoms with Gasteiger partial charge in [0.1, 0.15) is 0 Å². The lowest BCUT2D eigenvalue weighted by molar-refractivity contribution is 0.103. The number of amides is 1. The molecule has 0 atom stereocenters. The van der Waals surface area contributed by atoms with Crippen LogP contribution in [0.5, 0.6) is 0 Å². The SMILES string of the molecule is Nc1cc(Br)ccc1NC(=O)c1cc2c(s1)CCSC2. The van der Waals surface area contributed by atoms with Crippen LogP contribution in [0.3, 0.4) is 0 Å². The van der Waals surface area contributed by atoms with E-state index in [1.54, 1.807) is 23.5 Å². The van der Waals surface area contributed by atoms with Crippen LogP contribution in [0.25, 0.3) is 0 Å². The van der Waals surface area contributed by atoms with Crippen molar-refractivity contribution in [2.75, 3.05) is 16.8 Å². The van der Waals surface area contributed by atoms with Crippen LogP contribution in [0.15, 0.2) is 28.7 Å². The molecular formula is C14H13BrN2OS2. The minimum atomic E-state index is -0.0802. The average molecular weight is 369 g/mol. The van der Waals surface area contributed by atoms with E-state index in [2.05, 4.69) is 21.2 Å². The van der Waals surface area contributed by atoms with Gasteiger partial charge in [0.05, 0.1) is 16.3 Å². The largest absolute Gasteiger partial charge is 0.397 e. The van der Waals surface area contributed by atoms with Crippen LogP contribution in [-0.2, 0) is 12.2 Å². The van der Waals surface area contributed by atoms with E-state index in [0.717, 1.165) is 27.3 Å². The molecule has 0 bridgehead atoms. The Morgan fingerprint density at radius 1 is 1.35 bits per heavy atom. The Morgan fingerprint density at radius 2 is 2.20 bits per heavy atom. The summed E-state index contributed by atoms with van der Waals surface area (Å²) in [6, 6.07) is 7.46. The normalized spacial score (nSPS) is 13.8. The summed E-state index contributed by atoms with van der Waals surface area (Å²) in [4.78, 5) is 14.4. The number of carbonyl (C=O) groups is 1. The van der Waals surface area contributed by atoms with E-state index in [0.29, 0.717) is 11.4 Å². The first-order valence-electron chi connectivity index (χ1n) is 6.19. The molecule has 2 heterocycles. The molecule has 3 nitrogen and oxygen atoms in total. The number of carbonyl (C=O) groups excluding carboxylic acids is 1. The number of rotatable bonds is 2. The van der Waals surface area contributed by atoms with Gasteiger partial charge in [0.2, 0.25) is 0 Å². The molecule has 2 aromatic rings. The maximum absolute atomic E-state index is 12.3. The van der Waals surface area contributed by atoms with Gasteiger partial charge in [-0.05, 0) is 42.0 Å². The number of anilines is 2. The van der Waals surface area contributed by atoms with E-state index in [-0.39, 0.29) is 5.91 Å². The molecule has 0 radical (unpaired) electrons. The molecule has 1 aromatic carbocycles. The molecule has 104 valence electrons. The molecular weight excluding hydrogens is 356 g/mol. The third kappa shape index (κ3) is 2.87. The molecule has 1 amide bonds. The van der Waals surface area contributed by atoms with Gasteiger partial charge in [-0.1, -0.05) is 15.9 Å². The molecule has 1 aliphatic heterocycles. The predicted octanol–water partition coefficient (Wildman–Crippen LogP) is 4.13. The Labute approximate surface area is 134 Å². The molecule has 0 saturated heterocycles. The Hall–Kier alpha value is -0.980. The number of aryl methyl sites for hydroxylation is 1. The second-order valence-electron chi connectivity index (χ2n) is 4.55. The fraction of sp³-hybridized carbons (Fsp3) is 0.214. The fourth-order valence-electron chi connectivity index (χ4n) is 2.09. The first-order chi connectivity index (χ1) is 9.63. The molecule has 0 aliphatic carbocycles. The average Bonchev–Trinajstić information content (AvgIpc) is 2.86. The minimum Gasteiger partial charge on any atom is -0.397 e. The summed E-state index contributed by atoms with van der Waals surface area (Å²) in [5.41, 5.74) is 8.42. The molecule has 0 fully saturated rings. The van der Waals surface area contributed by atoms with Crippen molar-refractivity contribution in [3.05, 3.63) is 44.1 Å². The number of thioether (sulfide) groups is 1. The lowest BCUT2D eigenvalue weighted by atomic mass is 10.2. The van der Waals surface area contributed by atoms with Crippen molar-refractivity contribution in [2.24, 2.45) is 0 Å². The van der Waals surface area contributed by atoms with Crippen molar-refractivity contribution >= 4 is 56.3 Å². The summed E-state index contributed by atoms with van der Waals surface area (Å²) in [6.45, 7) is 0. The van der Waals surface area contributed by atoms with E-state index in [9.17, 15) is 4.79 Å². The van der Waals surface area contributed by atoms with Gasteiger partial charge in [0.15, 0.2) is 0 Å². The Balaban J connectivity index is 1.80. The van der Waals surface area contributed by atoms with Crippen LogP contribution in [0.1, 0.15) is 20.1 Å². The van der Waals surface area contributed by atoms with Crippen LogP contribution in [-0.4, -0.2) is 11.7 Å². The smallest absolute Gasteiger partial charge is 0.265 e. The molecule has 3 rings (SSSR count). The lowest BCUT2D eigenvalue weighted by Crippen LogP contribution is -2.11. The van der Waals surface area contributed by atoms with E-state index in [1.807, 2.05) is 23.9 Å². The summed E-state index contributed by atoms with van der Waals surface area (Å²) < 4.78 is 0.900. The van der Waals surface area contributed by atoms with Gasteiger partial charge in [-0.3, -0.25) is 4.79 Å². The van der Waals surface area contributed by atoms with Crippen molar-refractivity contribution in [2.45, 2.75) is 12.2 Å². The molecule has 0 saturated carbocycles. The van der Waals surface area contributed by atoms with Crippen LogP contribution in [0.2, 0.25) is 0 Å². The Bertz CT molecular complexity index is 646. The van der Waals surface area contributed by atoms with E-state index in [1.165, 1.54) is 10.4 Å². The molecule has 0 unspecified atom stereocenters. The topological polar surface area (TPSA) is 55.1 Å². The molecule has 3 N–H and O–H groups in total. The number of benzene rings is 1. The fourth-order valence-corrected chi connectivity index (χ4v) is 4.74. The number of halogens is 1. The summed E-state index contributed by atoms with van der Waals surface area (Å²) in [5.74, 6) is 2.08. The number of thiophene rings is 1. The van der Waals surface area contributed by atoms with Crippen molar-refractivity contribution in [3.8, 4) is 0 Å². The summed E-state index contributed by atoms with van der Waals surface area (Å²) >= 11 is 6.87. The molecule has 1 aliphatic rings. The quantitative estimate of drug-likeness (QED) is 0.783. The maximum atomic E-state index is 12.3. The first kappa shape index (κ1) is 14.0. The standard InChI is InChI=1S/C14H13BrN2OS2/c15-9-1-2-11(10(16)6-9)17-14(18)13-5-8-7-19-4-3-12(8)20-13/h1-2,5-6H,3-4,7,16H2,(H,17,18). The highest BCUT2D eigenvalue weighted by Gasteiger charge is 2.18. The zero-order chi connectivity index (χ0) is 14.1. The number of fused-ring (bicyclic) bond motifs is 1. The van der Waals surface area contributed by atoms with Gasteiger partial charge >= 0.3 is 0 Å². The second-order valence-corrected chi connectivity index (χ2v) is 7.70. The van der Waals surface area contributed by atoms with Crippen molar-refractivity contribution in [1.29, 1.82) is 0 Å². The van der Waals surface area contributed by atoms with E-state index in [4.69, 9.17) is 5.73 Å². The number of nitrogen functional groups attached to an aromatic ring is 1. The zero-order valence-corrected chi connectivity index (χ0v) is 13.8. The molecule has 0 spiro atoms. The molecule has 1 aromatic heterocycles. The third-order valence-corrected chi connectivity index (χ3v) is 5.85. The number of hydrogen-bond donors (Lipinski definition) is 2. The van der Waals surface area contributed by atoms with Crippen LogP contribution < -0.4 is 11.1 Å². The van der Waals surface area contributed by atoms with Gasteiger partial charge in [0, 0.05) is 15.1 Å². The Morgan fingerprint density at radius 3 is 2.95 bits per heavy atom. The van der Waals surface area contributed by atoms with Crippen molar-refractivity contribution in [1.82, 2.24) is 0 Å². The van der Waals surface area contributed by atoms with Crippen LogP contribution in [0, 0.1) is 0 Å². The van der Waals surface area contributed by atoms with E-state index < -0.39 is 0 Å². The second kappa shape index (κ2) is 5.79. The predicted molar refractivity (Wildman–Crippen MR) is 90.7 cm³/mol. The van der Waals surface area contributed by atoms with Crippen molar-refractivity contribution < 1.29 is 4.79 Å². The molecule has 20 heavy (non-hydrogen) atoms. The third-order valence-electron chi connectivity index (χ3n) is 3.11. The highest BCUT2D eigenvalue weighted by molar-refractivity contribution is 9.10. The van der Waals surface area contributed by atoms with Gasteiger partial charge in [0.25, 0.3) is 5.91 Å². The first-order valence-corrected chi connectivity index (χ1v) is 8.95. The zero-order valence-electron chi connectivity index (χ0n) is 10.6. The number of nitrogens with one attached hydrogen (secondary N) is 1. The highest BCUT2D eigenvalue weighted by Crippen LogP contribution is 2.32. The Kier molecular flexibility index (Phi) is 4.05. The minimum absolute atomic E-state index is 0.0802. The van der Waals surface area contributed by atoms with Gasteiger partial charge < -0.3 is 11.1 Å². The number of nitrogens with two attached hydrogens (primary N) is 1. The highest BCUT2D eigenvalue weighted by atomic mass is 79.9. The van der Waals surface area contributed by atoms with Gasteiger partial charge in [-0.2, -0.15) is 11.8 Å². The van der Waals surface area contributed by atoms with Gasteiger partial charge in [-0.25, -0.2) is 0 Å². The van der Waals surface area contributed by atoms with Gasteiger partial charge in [-0.15, -0.1) is 11.3 Å². The van der Waals surface area contributed by atoms with E-state index >= 15 is 0 Å². The van der Waals surface area contributed by atoms with Crippen molar-refractivity contribution in [3.63, 3.8) is 0 Å². The monoisotopic (exact) mass is 368 g/mol. The summed E-state index contributed by atoms with van der Waals surface area (Å²) in [5, 5.41) is 2.88. The summed E-state index contributed by atoms with van der Waals surface area (Å²) in [6.07, 6.45) is 1.07. The van der Waals surface area contributed by atoms with Crippen LogP contribution >= 0.6 is 39.0 Å². The van der Waals surface area contributed by atoms with Crippen LogP contribution in [0.4, 0.5) is 11.4 Å². The molecule has 6 heteroatoms. The summed E-state index contributed by atoms with van der Waals surface area (Å²) in [7, 11) is 0. The maximum Gasteiger partial charge on any atom is 0.265 e.